The van der Waals surface area contributed by atoms with Crippen molar-refractivity contribution in [1.29, 1.82) is 0 Å². The van der Waals surface area contributed by atoms with Gasteiger partial charge in [0.25, 0.3) is 0 Å². The van der Waals surface area contributed by atoms with E-state index in [9.17, 15) is 5.11 Å². The van der Waals surface area contributed by atoms with Crippen molar-refractivity contribution in [2.75, 3.05) is 0 Å². The van der Waals surface area contributed by atoms with Crippen LogP contribution in [0.3, 0.4) is 0 Å². The smallest absolute Gasteiger partial charge is 0.0761 e. The van der Waals surface area contributed by atoms with E-state index in [0.29, 0.717) is 5.92 Å². The lowest BCUT2D eigenvalue weighted by Gasteiger charge is -2.31. The fourth-order valence-electron chi connectivity index (χ4n) is 3.29. The van der Waals surface area contributed by atoms with Crippen LogP contribution in [0.25, 0.3) is 0 Å². The van der Waals surface area contributed by atoms with Gasteiger partial charge in [-0.3, -0.25) is 0 Å². The maximum absolute atomic E-state index is 10.5. The summed E-state index contributed by atoms with van der Waals surface area (Å²) in [5.41, 5.74) is 9.84. The predicted octanol–water partition coefficient (Wildman–Crippen LogP) is 3.24. The molecule has 0 aliphatic heterocycles. The summed E-state index contributed by atoms with van der Waals surface area (Å²) in [5.74, 6) is 0.382. The van der Waals surface area contributed by atoms with Gasteiger partial charge in [-0.2, -0.15) is 0 Å². The van der Waals surface area contributed by atoms with Crippen molar-refractivity contribution in [3.63, 3.8) is 0 Å². The van der Waals surface area contributed by atoms with E-state index in [4.69, 9.17) is 5.73 Å². The van der Waals surface area contributed by atoms with Crippen LogP contribution in [0.15, 0.2) is 18.2 Å². The van der Waals surface area contributed by atoms with Gasteiger partial charge >= 0.3 is 0 Å². The molecule has 1 fully saturated rings. The number of aliphatic hydroxyl groups is 1. The van der Waals surface area contributed by atoms with E-state index in [1.54, 1.807) is 0 Å². The van der Waals surface area contributed by atoms with Gasteiger partial charge in [-0.05, 0) is 49.3 Å². The molecule has 0 amide bonds. The maximum Gasteiger partial charge on any atom is 0.0761 e. The second kappa shape index (κ2) is 5.85. The normalized spacial score (nSPS) is 20.7. The van der Waals surface area contributed by atoms with Gasteiger partial charge in [0.2, 0.25) is 0 Å². The van der Waals surface area contributed by atoms with Crippen molar-refractivity contribution in [1.82, 2.24) is 0 Å². The van der Waals surface area contributed by atoms with Crippen LogP contribution >= 0.6 is 0 Å². The van der Waals surface area contributed by atoms with Crippen molar-refractivity contribution < 1.29 is 5.11 Å². The number of aryl methyl sites for hydroxylation is 2. The lowest BCUT2D eigenvalue weighted by Crippen LogP contribution is -2.35. The zero-order chi connectivity index (χ0) is 13.1. The zero-order valence-corrected chi connectivity index (χ0v) is 11.5. The second-order valence-electron chi connectivity index (χ2n) is 5.72. The first-order valence-corrected chi connectivity index (χ1v) is 7.11. The molecule has 3 N–H and O–H groups in total. The Labute approximate surface area is 110 Å². The molecule has 2 rings (SSSR count). The van der Waals surface area contributed by atoms with Crippen molar-refractivity contribution in [2.24, 2.45) is 11.7 Å². The minimum atomic E-state index is -0.398. The monoisotopic (exact) mass is 247 g/mol. The topological polar surface area (TPSA) is 46.2 Å². The summed E-state index contributed by atoms with van der Waals surface area (Å²) in [4.78, 5) is 0. The molecule has 0 saturated heterocycles. The Bertz CT molecular complexity index is 376. The predicted molar refractivity (Wildman–Crippen MR) is 75.4 cm³/mol. The first kappa shape index (κ1) is 13.6. The highest BCUT2D eigenvalue weighted by molar-refractivity contribution is 5.36. The van der Waals surface area contributed by atoms with Crippen LogP contribution in [0.5, 0.6) is 0 Å². The zero-order valence-electron chi connectivity index (χ0n) is 11.5. The van der Waals surface area contributed by atoms with Gasteiger partial charge in [0.15, 0.2) is 0 Å². The van der Waals surface area contributed by atoms with E-state index in [2.05, 4.69) is 26.0 Å². The van der Waals surface area contributed by atoms with Gasteiger partial charge in [0, 0.05) is 0 Å². The highest BCUT2D eigenvalue weighted by atomic mass is 16.3. The molecule has 18 heavy (non-hydrogen) atoms. The van der Waals surface area contributed by atoms with Crippen LogP contribution in [0.4, 0.5) is 0 Å². The van der Waals surface area contributed by atoms with E-state index >= 15 is 0 Å². The molecule has 2 nitrogen and oxygen atoms in total. The summed E-state index contributed by atoms with van der Waals surface area (Å²) in [5, 5.41) is 10.5. The lowest BCUT2D eigenvalue weighted by atomic mass is 9.80. The molecule has 0 heterocycles. The quantitative estimate of drug-likeness (QED) is 0.861. The van der Waals surface area contributed by atoms with E-state index in [-0.39, 0.29) is 6.04 Å². The largest absolute Gasteiger partial charge is 0.391 e. The Morgan fingerprint density at radius 3 is 2.22 bits per heavy atom. The minimum absolute atomic E-state index is 0.241. The Kier molecular flexibility index (Phi) is 4.41. The Morgan fingerprint density at radius 1 is 1.11 bits per heavy atom. The van der Waals surface area contributed by atoms with Crippen molar-refractivity contribution in [2.45, 2.75) is 58.1 Å². The maximum atomic E-state index is 10.5. The number of hydrogen-bond donors (Lipinski definition) is 2. The SMILES string of the molecule is Cc1cccc(C)c1[C@@H](N)[C@@H](O)C1CCCCC1. The molecule has 0 bridgehead atoms. The molecule has 0 spiro atoms. The Hall–Kier alpha value is -0.860. The first-order chi connectivity index (χ1) is 8.61. The van der Waals surface area contributed by atoms with E-state index < -0.39 is 6.10 Å². The van der Waals surface area contributed by atoms with Crippen molar-refractivity contribution in [3.8, 4) is 0 Å². The van der Waals surface area contributed by atoms with Crippen LogP contribution in [0.2, 0.25) is 0 Å². The van der Waals surface area contributed by atoms with E-state index in [1.165, 1.54) is 30.4 Å². The second-order valence-corrected chi connectivity index (χ2v) is 5.72. The Balaban J connectivity index is 2.16. The molecule has 100 valence electrons. The summed E-state index contributed by atoms with van der Waals surface area (Å²) in [6.07, 6.45) is 5.63. The van der Waals surface area contributed by atoms with Crippen molar-refractivity contribution in [3.05, 3.63) is 34.9 Å². The summed E-state index contributed by atoms with van der Waals surface area (Å²) in [6.45, 7) is 4.16. The average Bonchev–Trinajstić information content (AvgIpc) is 2.38. The van der Waals surface area contributed by atoms with Gasteiger partial charge in [0.05, 0.1) is 12.1 Å². The molecule has 1 aromatic carbocycles. The average molecular weight is 247 g/mol. The standard InChI is InChI=1S/C16H25NO/c1-11-7-6-8-12(2)14(11)15(17)16(18)13-9-4-3-5-10-13/h6-8,13,15-16,18H,3-5,9-10,17H2,1-2H3/t15-,16+/m1/s1. The third-order valence-electron chi connectivity index (χ3n) is 4.38. The molecule has 0 radical (unpaired) electrons. The lowest BCUT2D eigenvalue weighted by molar-refractivity contribution is 0.0614. The number of aliphatic hydroxyl groups excluding tert-OH is 1. The van der Waals surface area contributed by atoms with Crippen LogP contribution in [-0.4, -0.2) is 11.2 Å². The molecule has 1 aliphatic rings. The van der Waals surface area contributed by atoms with E-state index in [1.807, 2.05) is 6.07 Å². The molecule has 0 aromatic heterocycles. The molecule has 1 saturated carbocycles. The molecule has 0 unspecified atom stereocenters. The fraction of sp³-hybridized carbons (Fsp3) is 0.625. The third kappa shape index (κ3) is 2.76. The molecular formula is C16H25NO. The van der Waals surface area contributed by atoms with Gasteiger partial charge in [0.1, 0.15) is 0 Å². The number of nitrogens with two attached hydrogens (primary N) is 1. The van der Waals surface area contributed by atoms with Crippen LogP contribution in [0.1, 0.15) is 54.8 Å². The van der Waals surface area contributed by atoms with Gasteiger partial charge in [-0.1, -0.05) is 37.5 Å². The summed E-state index contributed by atoms with van der Waals surface area (Å²) in [6, 6.07) is 5.97. The molecule has 2 atom stereocenters. The number of benzene rings is 1. The Morgan fingerprint density at radius 2 is 1.67 bits per heavy atom. The van der Waals surface area contributed by atoms with Gasteiger partial charge < -0.3 is 10.8 Å². The highest BCUT2D eigenvalue weighted by Gasteiger charge is 2.28. The van der Waals surface area contributed by atoms with Gasteiger partial charge in [-0.25, -0.2) is 0 Å². The molecule has 1 aliphatic carbocycles. The van der Waals surface area contributed by atoms with E-state index in [0.717, 1.165) is 18.4 Å². The number of rotatable bonds is 3. The van der Waals surface area contributed by atoms with Gasteiger partial charge in [-0.15, -0.1) is 0 Å². The number of hydrogen-bond acceptors (Lipinski definition) is 2. The summed E-state index contributed by atoms with van der Waals surface area (Å²) >= 11 is 0. The highest BCUT2D eigenvalue weighted by Crippen LogP contribution is 2.33. The van der Waals surface area contributed by atoms with Crippen LogP contribution in [-0.2, 0) is 0 Å². The molecule has 2 heteroatoms. The summed E-state index contributed by atoms with van der Waals surface area (Å²) < 4.78 is 0. The first-order valence-electron chi connectivity index (χ1n) is 7.11. The van der Waals surface area contributed by atoms with Crippen LogP contribution < -0.4 is 5.73 Å². The van der Waals surface area contributed by atoms with Crippen molar-refractivity contribution >= 4 is 0 Å². The molecule has 1 aromatic rings. The minimum Gasteiger partial charge on any atom is -0.391 e. The van der Waals surface area contributed by atoms with Crippen LogP contribution in [0, 0.1) is 19.8 Å². The molecular weight excluding hydrogens is 222 g/mol. The fourth-order valence-corrected chi connectivity index (χ4v) is 3.29. The third-order valence-corrected chi connectivity index (χ3v) is 4.38. The summed E-state index contributed by atoms with van der Waals surface area (Å²) in [7, 11) is 0.